The summed E-state index contributed by atoms with van der Waals surface area (Å²) in [6, 6.07) is 0. The van der Waals surface area contributed by atoms with E-state index in [9.17, 15) is 0 Å². The van der Waals surface area contributed by atoms with Crippen molar-refractivity contribution in [1.82, 2.24) is 5.06 Å². The molecular weight excluding hydrogens is 102 g/mol. The van der Waals surface area contributed by atoms with Gasteiger partial charge in [-0.3, -0.25) is 4.84 Å². The lowest BCUT2D eigenvalue weighted by atomic mass is 10.2. The second kappa shape index (κ2) is 1.71. The van der Waals surface area contributed by atoms with E-state index in [0.29, 0.717) is 6.10 Å². The molecule has 8 heavy (non-hydrogen) atoms. The Bertz CT molecular complexity index is 80.5. The minimum Gasteiger partial charge on any atom is -0.296 e. The Morgan fingerprint density at radius 2 is 2.62 bits per heavy atom. The van der Waals surface area contributed by atoms with Gasteiger partial charge in [0.2, 0.25) is 0 Å². The van der Waals surface area contributed by atoms with E-state index in [4.69, 9.17) is 4.84 Å². The molecule has 1 radical (unpaired) electrons. The second-order valence-electron chi connectivity index (χ2n) is 2.43. The molecule has 0 N–H and O–H groups in total. The zero-order chi connectivity index (χ0) is 5.40. The summed E-state index contributed by atoms with van der Waals surface area (Å²) in [4.78, 5) is 5.40. The highest BCUT2D eigenvalue weighted by molar-refractivity contribution is 4.83. The van der Waals surface area contributed by atoms with E-state index in [2.05, 4.69) is 6.42 Å². The normalized spacial score (nSPS) is 45.0. The van der Waals surface area contributed by atoms with Gasteiger partial charge in [-0.15, -0.1) is 0 Å². The third-order valence-electron chi connectivity index (χ3n) is 1.76. The summed E-state index contributed by atoms with van der Waals surface area (Å²) in [7, 11) is 0. The van der Waals surface area contributed by atoms with Crippen molar-refractivity contribution in [1.29, 1.82) is 0 Å². The van der Waals surface area contributed by atoms with E-state index in [1.165, 1.54) is 6.42 Å². The van der Waals surface area contributed by atoms with Crippen molar-refractivity contribution in [2.75, 3.05) is 13.1 Å². The SMILES string of the molecule is [CH]1CC2CCN(C1)O2. The van der Waals surface area contributed by atoms with Gasteiger partial charge in [-0.2, -0.15) is 5.06 Å². The third-order valence-corrected chi connectivity index (χ3v) is 1.76. The average molecular weight is 112 g/mol. The van der Waals surface area contributed by atoms with Crippen LogP contribution in [0.15, 0.2) is 0 Å². The molecule has 0 saturated carbocycles. The van der Waals surface area contributed by atoms with Crippen molar-refractivity contribution in [3.05, 3.63) is 6.42 Å². The molecule has 2 unspecified atom stereocenters. The van der Waals surface area contributed by atoms with E-state index in [-0.39, 0.29) is 0 Å². The lowest BCUT2D eigenvalue weighted by Gasteiger charge is -2.20. The Morgan fingerprint density at radius 3 is 3.38 bits per heavy atom. The van der Waals surface area contributed by atoms with Gasteiger partial charge in [0.05, 0.1) is 6.10 Å². The number of nitrogens with zero attached hydrogens (tertiary/aromatic N) is 1. The largest absolute Gasteiger partial charge is 0.296 e. The molecule has 2 aliphatic heterocycles. The molecule has 2 aliphatic rings. The maximum Gasteiger partial charge on any atom is 0.0809 e. The lowest BCUT2D eigenvalue weighted by Crippen LogP contribution is -2.26. The maximum absolute atomic E-state index is 5.40. The van der Waals surface area contributed by atoms with Crippen LogP contribution < -0.4 is 0 Å². The van der Waals surface area contributed by atoms with Gasteiger partial charge in [-0.1, -0.05) is 0 Å². The molecule has 2 nitrogen and oxygen atoms in total. The van der Waals surface area contributed by atoms with E-state index in [0.717, 1.165) is 19.5 Å². The van der Waals surface area contributed by atoms with Crippen molar-refractivity contribution >= 4 is 0 Å². The first-order valence-corrected chi connectivity index (χ1v) is 3.18. The van der Waals surface area contributed by atoms with Crippen LogP contribution in [0.5, 0.6) is 0 Å². The molecule has 0 spiro atoms. The Labute approximate surface area is 49.4 Å². The monoisotopic (exact) mass is 112 g/mol. The van der Waals surface area contributed by atoms with Crippen LogP contribution in [0.25, 0.3) is 0 Å². The molecular formula is C6H10NO. The van der Waals surface area contributed by atoms with Gasteiger partial charge in [0, 0.05) is 13.1 Å². The lowest BCUT2D eigenvalue weighted by molar-refractivity contribution is -0.155. The first-order chi connectivity index (χ1) is 3.95. The summed E-state index contributed by atoms with van der Waals surface area (Å²) in [5, 5.41) is 2.04. The molecule has 0 aromatic carbocycles. The summed E-state index contributed by atoms with van der Waals surface area (Å²) in [6.07, 6.45) is 5.22. The highest BCUT2D eigenvalue weighted by Gasteiger charge is 2.27. The molecule has 0 aliphatic carbocycles. The molecule has 2 rings (SSSR count). The fourth-order valence-corrected chi connectivity index (χ4v) is 1.30. The number of hydroxylamine groups is 2. The van der Waals surface area contributed by atoms with Crippen molar-refractivity contribution in [2.45, 2.75) is 18.9 Å². The fraction of sp³-hybridized carbons (Fsp3) is 0.833. The molecule has 0 amide bonds. The molecule has 0 aromatic heterocycles. The molecule has 45 valence electrons. The van der Waals surface area contributed by atoms with Crippen LogP contribution in [-0.2, 0) is 4.84 Å². The molecule has 2 atom stereocenters. The number of rotatable bonds is 0. The Hall–Kier alpha value is -0.0800. The predicted molar refractivity (Wildman–Crippen MR) is 30.0 cm³/mol. The molecule has 2 heteroatoms. The molecule has 2 saturated heterocycles. The highest BCUT2D eigenvalue weighted by atomic mass is 16.7. The van der Waals surface area contributed by atoms with E-state index < -0.39 is 0 Å². The van der Waals surface area contributed by atoms with Crippen LogP contribution in [0, 0.1) is 6.42 Å². The van der Waals surface area contributed by atoms with Gasteiger partial charge in [0.15, 0.2) is 0 Å². The van der Waals surface area contributed by atoms with E-state index in [1.807, 2.05) is 5.06 Å². The van der Waals surface area contributed by atoms with Crippen LogP contribution in [0.3, 0.4) is 0 Å². The van der Waals surface area contributed by atoms with Gasteiger partial charge < -0.3 is 0 Å². The van der Waals surface area contributed by atoms with Crippen molar-refractivity contribution < 1.29 is 4.84 Å². The first kappa shape index (κ1) is 4.77. The standard InChI is InChI=1S/C6H10NO/c1-2-6-3-5-7(4-1)8-6/h1,6H,2-5H2. The number of hydrogen-bond acceptors (Lipinski definition) is 2. The van der Waals surface area contributed by atoms with Gasteiger partial charge >= 0.3 is 0 Å². The second-order valence-corrected chi connectivity index (χ2v) is 2.43. The van der Waals surface area contributed by atoms with Crippen LogP contribution in [0.1, 0.15) is 12.8 Å². The summed E-state index contributed by atoms with van der Waals surface area (Å²) in [5.41, 5.74) is 0. The van der Waals surface area contributed by atoms with Crippen LogP contribution in [0.2, 0.25) is 0 Å². The number of hydrogen-bond donors (Lipinski definition) is 0. The summed E-state index contributed by atoms with van der Waals surface area (Å²) in [5.74, 6) is 0. The van der Waals surface area contributed by atoms with Gasteiger partial charge in [-0.25, -0.2) is 0 Å². The van der Waals surface area contributed by atoms with Gasteiger partial charge in [0.25, 0.3) is 0 Å². The summed E-state index contributed by atoms with van der Waals surface area (Å²) >= 11 is 0. The topological polar surface area (TPSA) is 12.5 Å². The first-order valence-electron chi connectivity index (χ1n) is 3.18. The van der Waals surface area contributed by atoms with Crippen molar-refractivity contribution in [2.24, 2.45) is 0 Å². The zero-order valence-corrected chi connectivity index (χ0v) is 4.84. The van der Waals surface area contributed by atoms with Gasteiger partial charge in [0.1, 0.15) is 0 Å². The smallest absolute Gasteiger partial charge is 0.0809 e. The molecule has 2 fully saturated rings. The van der Waals surface area contributed by atoms with E-state index in [1.54, 1.807) is 0 Å². The Balaban J connectivity index is 2.03. The van der Waals surface area contributed by atoms with Gasteiger partial charge in [-0.05, 0) is 19.3 Å². The highest BCUT2D eigenvalue weighted by Crippen LogP contribution is 2.22. The molecule has 2 bridgehead atoms. The quantitative estimate of drug-likeness (QED) is 0.455. The average Bonchev–Trinajstić information content (AvgIpc) is 2.12. The fourth-order valence-electron chi connectivity index (χ4n) is 1.30. The van der Waals surface area contributed by atoms with Crippen molar-refractivity contribution in [3.63, 3.8) is 0 Å². The summed E-state index contributed by atoms with van der Waals surface area (Å²) in [6.45, 7) is 2.18. The minimum atomic E-state index is 0.531. The molecule has 2 heterocycles. The van der Waals surface area contributed by atoms with E-state index >= 15 is 0 Å². The minimum absolute atomic E-state index is 0.531. The van der Waals surface area contributed by atoms with Crippen LogP contribution in [0.4, 0.5) is 0 Å². The van der Waals surface area contributed by atoms with Crippen molar-refractivity contribution in [3.8, 4) is 0 Å². The third kappa shape index (κ3) is 0.644. The summed E-state index contributed by atoms with van der Waals surface area (Å²) < 4.78 is 0. The molecule has 0 aromatic rings. The van der Waals surface area contributed by atoms with Crippen LogP contribution in [-0.4, -0.2) is 24.3 Å². The predicted octanol–water partition coefficient (Wildman–Crippen LogP) is 0.600. The maximum atomic E-state index is 5.40. The Kier molecular flexibility index (Phi) is 1.02. The van der Waals surface area contributed by atoms with Crippen LogP contribution >= 0.6 is 0 Å². The number of fused-ring (bicyclic) bond motifs is 2. The Morgan fingerprint density at radius 1 is 1.62 bits per heavy atom. The zero-order valence-electron chi connectivity index (χ0n) is 4.84.